The van der Waals surface area contributed by atoms with E-state index in [1.807, 2.05) is 62.4 Å². The average Bonchev–Trinajstić information content (AvgIpc) is 2.58. The molecule has 0 spiro atoms. The lowest BCUT2D eigenvalue weighted by atomic mass is 9.89. The molecule has 2 aromatic carbocycles. The number of ether oxygens (including phenoxy) is 2. The van der Waals surface area contributed by atoms with Crippen molar-refractivity contribution in [2.45, 2.75) is 38.5 Å². The highest BCUT2D eigenvalue weighted by molar-refractivity contribution is 7.88. The molecule has 1 atom stereocenters. The number of rotatable bonds is 5. The minimum atomic E-state index is -3.33. The lowest BCUT2D eigenvalue weighted by Gasteiger charge is -2.40. The minimum absolute atomic E-state index is 0.288. The molecule has 1 aliphatic heterocycles. The molecule has 0 aliphatic carbocycles. The Morgan fingerprint density at radius 1 is 1.19 bits per heavy atom. The molecular formula is C20H25NO4S. The Morgan fingerprint density at radius 3 is 2.54 bits per heavy atom. The molecule has 140 valence electrons. The van der Waals surface area contributed by atoms with E-state index in [2.05, 4.69) is 0 Å². The van der Waals surface area contributed by atoms with Gasteiger partial charge in [-0.2, -0.15) is 4.31 Å². The maximum atomic E-state index is 12.1. The Morgan fingerprint density at radius 2 is 1.88 bits per heavy atom. The zero-order valence-corrected chi connectivity index (χ0v) is 16.4. The monoisotopic (exact) mass is 375 g/mol. The fraction of sp³-hybridized carbons (Fsp3) is 0.400. The molecule has 0 bridgehead atoms. The molecular weight excluding hydrogens is 350 g/mol. The Kier molecular flexibility index (Phi) is 4.99. The standard InChI is InChI=1S/C20H25NO4S/c1-20(2)13-18(21(3)26(4,22)23)17-12-16(10-11-19(17)25-20)24-14-15-8-6-5-7-9-15/h5-12,18H,13-14H2,1-4H3. The highest BCUT2D eigenvalue weighted by atomic mass is 32.2. The number of fused-ring (bicyclic) bond motifs is 1. The second-order valence-corrected chi connectivity index (χ2v) is 9.38. The van der Waals surface area contributed by atoms with Gasteiger partial charge in [-0.05, 0) is 37.6 Å². The summed E-state index contributed by atoms with van der Waals surface area (Å²) in [6.07, 6.45) is 1.80. The van der Waals surface area contributed by atoms with Crippen molar-refractivity contribution in [3.63, 3.8) is 0 Å². The predicted molar refractivity (Wildman–Crippen MR) is 102 cm³/mol. The normalized spacial score (nSPS) is 18.9. The first kappa shape index (κ1) is 18.7. The van der Waals surface area contributed by atoms with Gasteiger partial charge in [-0.1, -0.05) is 30.3 Å². The van der Waals surface area contributed by atoms with Crippen molar-refractivity contribution >= 4 is 10.0 Å². The van der Waals surface area contributed by atoms with Crippen LogP contribution in [0.3, 0.4) is 0 Å². The van der Waals surface area contributed by atoms with Gasteiger partial charge in [0.25, 0.3) is 0 Å². The molecule has 2 aromatic rings. The third-order valence-electron chi connectivity index (χ3n) is 4.62. The van der Waals surface area contributed by atoms with E-state index in [4.69, 9.17) is 9.47 Å². The van der Waals surface area contributed by atoms with Gasteiger partial charge >= 0.3 is 0 Å². The first-order valence-corrected chi connectivity index (χ1v) is 10.4. The van der Waals surface area contributed by atoms with Gasteiger partial charge in [-0.25, -0.2) is 8.42 Å². The molecule has 0 radical (unpaired) electrons. The molecule has 1 aliphatic rings. The van der Waals surface area contributed by atoms with E-state index < -0.39 is 15.6 Å². The lowest BCUT2D eigenvalue weighted by Crippen LogP contribution is -2.41. The summed E-state index contributed by atoms with van der Waals surface area (Å²) >= 11 is 0. The molecule has 0 saturated carbocycles. The van der Waals surface area contributed by atoms with Gasteiger partial charge in [0.15, 0.2) is 0 Å². The van der Waals surface area contributed by atoms with Crippen LogP contribution >= 0.6 is 0 Å². The highest BCUT2D eigenvalue weighted by Crippen LogP contribution is 2.44. The molecule has 0 amide bonds. The number of hydrogen-bond donors (Lipinski definition) is 0. The van der Waals surface area contributed by atoms with Crippen LogP contribution in [-0.4, -0.2) is 31.6 Å². The topological polar surface area (TPSA) is 55.8 Å². The molecule has 0 aromatic heterocycles. The fourth-order valence-corrected chi connectivity index (χ4v) is 3.83. The number of benzene rings is 2. The van der Waals surface area contributed by atoms with E-state index in [9.17, 15) is 8.42 Å². The van der Waals surface area contributed by atoms with Crippen LogP contribution < -0.4 is 9.47 Å². The van der Waals surface area contributed by atoms with Crippen molar-refractivity contribution in [3.8, 4) is 11.5 Å². The average molecular weight is 375 g/mol. The smallest absolute Gasteiger partial charge is 0.211 e. The van der Waals surface area contributed by atoms with Crippen LogP contribution in [-0.2, 0) is 16.6 Å². The molecule has 26 heavy (non-hydrogen) atoms. The second kappa shape index (κ2) is 6.93. The van der Waals surface area contributed by atoms with E-state index in [0.717, 1.165) is 11.1 Å². The first-order chi connectivity index (χ1) is 12.2. The highest BCUT2D eigenvalue weighted by Gasteiger charge is 2.38. The Balaban J connectivity index is 1.90. The predicted octanol–water partition coefficient (Wildman–Crippen LogP) is 3.76. The summed E-state index contributed by atoms with van der Waals surface area (Å²) in [4.78, 5) is 0. The van der Waals surface area contributed by atoms with Gasteiger partial charge in [-0.15, -0.1) is 0 Å². The van der Waals surface area contributed by atoms with Crippen LogP contribution in [0.25, 0.3) is 0 Å². The Bertz CT molecular complexity index is 878. The first-order valence-electron chi connectivity index (χ1n) is 8.58. The van der Waals surface area contributed by atoms with Gasteiger partial charge in [0, 0.05) is 19.0 Å². The number of sulfonamides is 1. The van der Waals surface area contributed by atoms with E-state index in [1.54, 1.807) is 7.05 Å². The lowest BCUT2D eigenvalue weighted by molar-refractivity contribution is 0.0540. The summed E-state index contributed by atoms with van der Waals surface area (Å²) in [6, 6.07) is 15.2. The van der Waals surface area contributed by atoms with E-state index in [0.29, 0.717) is 24.5 Å². The number of nitrogens with zero attached hydrogens (tertiary/aromatic N) is 1. The molecule has 0 saturated heterocycles. The summed E-state index contributed by atoms with van der Waals surface area (Å²) in [7, 11) is -1.71. The molecule has 6 heteroatoms. The molecule has 3 rings (SSSR count). The summed E-state index contributed by atoms with van der Waals surface area (Å²) in [5.41, 5.74) is 1.47. The summed E-state index contributed by atoms with van der Waals surface area (Å²) in [5, 5.41) is 0. The van der Waals surface area contributed by atoms with E-state index in [1.165, 1.54) is 10.6 Å². The number of hydrogen-bond acceptors (Lipinski definition) is 4. The van der Waals surface area contributed by atoms with Crippen LogP contribution in [0.2, 0.25) is 0 Å². The zero-order valence-electron chi connectivity index (χ0n) is 15.6. The molecule has 0 fully saturated rings. The van der Waals surface area contributed by atoms with Crippen molar-refractivity contribution in [2.24, 2.45) is 0 Å². The van der Waals surface area contributed by atoms with Crippen molar-refractivity contribution in [1.82, 2.24) is 4.31 Å². The Labute approximate surface area is 155 Å². The summed E-state index contributed by atoms with van der Waals surface area (Å²) < 4.78 is 37.6. The third kappa shape index (κ3) is 4.19. The van der Waals surface area contributed by atoms with Crippen molar-refractivity contribution in [3.05, 3.63) is 59.7 Å². The maximum Gasteiger partial charge on any atom is 0.211 e. The quantitative estimate of drug-likeness (QED) is 0.798. The van der Waals surface area contributed by atoms with E-state index >= 15 is 0 Å². The van der Waals surface area contributed by atoms with Gasteiger partial charge in [0.2, 0.25) is 10.0 Å². The molecule has 0 N–H and O–H groups in total. The fourth-order valence-electron chi connectivity index (χ4n) is 3.18. The summed E-state index contributed by atoms with van der Waals surface area (Å²) in [6.45, 7) is 4.40. The van der Waals surface area contributed by atoms with Gasteiger partial charge in [-0.3, -0.25) is 0 Å². The van der Waals surface area contributed by atoms with Crippen LogP contribution in [0.5, 0.6) is 11.5 Å². The zero-order chi connectivity index (χ0) is 18.9. The van der Waals surface area contributed by atoms with Crippen LogP contribution in [0.4, 0.5) is 0 Å². The van der Waals surface area contributed by atoms with Gasteiger partial charge in [0.1, 0.15) is 23.7 Å². The van der Waals surface area contributed by atoms with Crippen molar-refractivity contribution in [2.75, 3.05) is 13.3 Å². The Hall–Kier alpha value is -2.05. The second-order valence-electron chi connectivity index (χ2n) is 7.33. The largest absolute Gasteiger partial charge is 0.489 e. The van der Waals surface area contributed by atoms with E-state index in [-0.39, 0.29) is 6.04 Å². The van der Waals surface area contributed by atoms with Crippen molar-refractivity contribution < 1.29 is 17.9 Å². The maximum absolute atomic E-state index is 12.1. The van der Waals surface area contributed by atoms with Crippen molar-refractivity contribution in [1.29, 1.82) is 0 Å². The summed E-state index contributed by atoms with van der Waals surface area (Å²) in [5.74, 6) is 1.40. The SMILES string of the molecule is CN(C1CC(C)(C)Oc2ccc(OCc3ccccc3)cc21)S(C)(=O)=O. The molecule has 1 unspecified atom stereocenters. The van der Waals surface area contributed by atoms with Crippen LogP contribution in [0.1, 0.15) is 37.4 Å². The molecule has 5 nitrogen and oxygen atoms in total. The molecule has 1 heterocycles. The third-order valence-corrected chi connectivity index (χ3v) is 5.92. The van der Waals surface area contributed by atoms with Crippen LogP contribution in [0.15, 0.2) is 48.5 Å². The van der Waals surface area contributed by atoms with Crippen LogP contribution in [0, 0.1) is 0 Å². The minimum Gasteiger partial charge on any atom is -0.489 e. The van der Waals surface area contributed by atoms with Gasteiger partial charge < -0.3 is 9.47 Å². The van der Waals surface area contributed by atoms with Gasteiger partial charge in [0.05, 0.1) is 12.3 Å².